The summed E-state index contributed by atoms with van der Waals surface area (Å²) in [5.41, 5.74) is 0. The molecule has 1 aliphatic carbocycles. The highest BCUT2D eigenvalue weighted by Gasteiger charge is 2.23. The van der Waals surface area contributed by atoms with Crippen LogP contribution in [0.2, 0.25) is 0 Å². The van der Waals surface area contributed by atoms with Gasteiger partial charge in [-0.25, -0.2) is 0 Å². The Morgan fingerprint density at radius 2 is 2.12 bits per heavy atom. The fourth-order valence-corrected chi connectivity index (χ4v) is 2.23. The van der Waals surface area contributed by atoms with Crippen molar-refractivity contribution in [2.45, 2.75) is 32.6 Å². The van der Waals surface area contributed by atoms with E-state index in [1.807, 2.05) is 4.90 Å². The normalized spacial score (nSPS) is 25.1. The molecule has 16 heavy (non-hydrogen) atoms. The molecule has 1 N–H and O–H groups in total. The number of hydrogen-bond donors (Lipinski definition) is 1. The molecule has 2 fully saturated rings. The molecule has 2 aliphatic rings. The first kappa shape index (κ1) is 13.8. The van der Waals surface area contributed by atoms with E-state index < -0.39 is 0 Å². The van der Waals surface area contributed by atoms with Crippen LogP contribution in [0.4, 0.5) is 0 Å². The topological polar surface area (TPSA) is 32.3 Å². The van der Waals surface area contributed by atoms with Crippen LogP contribution < -0.4 is 5.32 Å². The van der Waals surface area contributed by atoms with Crippen molar-refractivity contribution in [2.24, 2.45) is 11.8 Å². The van der Waals surface area contributed by atoms with Crippen molar-refractivity contribution in [1.29, 1.82) is 0 Å². The monoisotopic (exact) mass is 246 g/mol. The zero-order chi connectivity index (χ0) is 10.7. The molecule has 4 heteroatoms. The van der Waals surface area contributed by atoms with Crippen molar-refractivity contribution in [3.63, 3.8) is 0 Å². The minimum Gasteiger partial charge on any atom is -0.341 e. The number of amides is 1. The molecule has 94 valence electrons. The maximum Gasteiger partial charge on any atom is 0.236 e. The lowest BCUT2D eigenvalue weighted by Crippen LogP contribution is -2.43. The number of rotatable bonds is 4. The molecule has 0 aromatic rings. The minimum atomic E-state index is 0. The Bertz CT molecular complexity index is 231. The molecule has 1 amide bonds. The second-order valence-corrected chi connectivity index (χ2v) is 5.16. The van der Waals surface area contributed by atoms with Crippen molar-refractivity contribution < 1.29 is 4.79 Å². The van der Waals surface area contributed by atoms with Gasteiger partial charge in [0.2, 0.25) is 5.91 Å². The van der Waals surface area contributed by atoms with Gasteiger partial charge in [-0.15, -0.1) is 12.4 Å². The van der Waals surface area contributed by atoms with E-state index in [1.54, 1.807) is 0 Å². The van der Waals surface area contributed by atoms with Crippen molar-refractivity contribution in [2.75, 3.05) is 26.2 Å². The van der Waals surface area contributed by atoms with Gasteiger partial charge in [0.25, 0.3) is 0 Å². The van der Waals surface area contributed by atoms with Gasteiger partial charge in [0.05, 0.1) is 6.54 Å². The van der Waals surface area contributed by atoms with Crippen LogP contribution in [0, 0.1) is 11.8 Å². The largest absolute Gasteiger partial charge is 0.341 e. The van der Waals surface area contributed by atoms with Crippen LogP contribution in [0.15, 0.2) is 0 Å². The lowest BCUT2D eigenvalue weighted by atomic mass is 10.0. The number of nitrogens with one attached hydrogen (secondary N) is 1. The molecule has 2 rings (SSSR count). The summed E-state index contributed by atoms with van der Waals surface area (Å²) in [6.07, 6.45) is 5.15. The predicted molar refractivity (Wildman–Crippen MR) is 67.8 cm³/mol. The minimum absolute atomic E-state index is 0. The SMILES string of the molecule is CC1CCCN(C(=O)CNCC2CC2)C1.Cl. The zero-order valence-corrected chi connectivity index (χ0v) is 10.9. The molecule has 3 nitrogen and oxygen atoms in total. The molecular weight excluding hydrogens is 224 g/mol. The van der Waals surface area contributed by atoms with E-state index in [-0.39, 0.29) is 12.4 Å². The molecule has 0 radical (unpaired) electrons. The van der Waals surface area contributed by atoms with E-state index in [0.717, 1.165) is 25.6 Å². The molecule has 0 bridgehead atoms. The summed E-state index contributed by atoms with van der Waals surface area (Å²) in [4.78, 5) is 13.8. The fourth-order valence-electron chi connectivity index (χ4n) is 2.23. The van der Waals surface area contributed by atoms with E-state index in [2.05, 4.69) is 12.2 Å². The maximum atomic E-state index is 11.8. The van der Waals surface area contributed by atoms with E-state index >= 15 is 0 Å². The second-order valence-electron chi connectivity index (χ2n) is 5.16. The molecule has 1 atom stereocenters. The molecule has 1 heterocycles. The van der Waals surface area contributed by atoms with Crippen molar-refractivity contribution in [3.05, 3.63) is 0 Å². The van der Waals surface area contributed by atoms with Crippen LogP contribution in [0.3, 0.4) is 0 Å². The molecule has 1 unspecified atom stereocenters. The average molecular weight is 247 g/mol. The van der Waals surface area contributed by atoms with Gasteiger partial charge in [0, 0.05) is 13.1 Å². The number of likely N-dealkylation sites (tertiary alicyclic amines) is 1. The van der Waals surface area contributed by atoms with Gasteiger partial charge in [-0.3, -0.25) is 4.79 Å². The number of hydrogen-bond acceptors (Lipinski definition) is 2. The summed E-state index contributed by atoms with van der Waals surface area (Å²) >= 11 is 0. The lowest BCUT2D eigenvalue weighted by Gasteiger charge is -2.31. The van der Waals surface area contributed by atoms with Crippen LogP contribution in [-0.2, 0) is 4.79 Å². The first-order chi connectivity index (χ1) is 7.25. The second kappa shape index (κ2) is 6.45. The number of nitrogens with zero attached hydrogens (tertiary/aromatic N) is 1. The quantitative estimate of drug-likeness (QED) is 0.819. The summed E-state index contributed by atoms with van der Waals surface area (Å²) in [7, 11) is 0. The molecule has 0 aromatic carbocycles. The Kier molecular flexibility index (Phi) is 5.56. The highest BCUT2D eigenvalue weighted by atomic mass is 35.5. The van der Waals surface area contributed by atoms with Crippen LogP contribution in [0.5, 0.6) is 0 Å². The number of halogens is 1. The molecule has 1 saturated heterocycles. The van der Waals surface area contributed by atoms with Gasteiger partial charge in [-0.05, 0) is 44.1 Å². The molecule has 1 aliphatic heterocycles. The summed E-state index contributed by atoms with van der Waals surface area (Å²) in [6, 6.07) is 0. The molecule has 0 aromatic heterocycles. The van der Waals surface area contributed by atoms with Gasteiger partial charge in [-0.1, -0.05) is 6.92 Å². The summed E-state index contributed by atoms with van der Waals surface area (Å²) in [5, 5.41) is 3.27. The third-order valence-corrected chi connectivity index (χ3v) is 3.42. The summed E-state index contributed by atoms with van der Waals surface area (Å²) in [5.74, 6) is 1.84. The smallest absolute Gasteiger partial charge is 0.236 e. The molecule has 1 saturated carbocycles. The van der Waals surface area contributed by atoms with Crippen molar-refractivity contribution in [3.8, 4) is 0 Å². The van der Waals surface area contributed by atoms with Crippen LogP contribution in [-0.4, -0.2) is 37.0 Å². The number of piperidine rings is 1. The first-order valence-corrected chi connectivity index (χ1v) is 6.24. The molecule has 0 spiro atoms. The highest BCUT2D eigenvalue weighted by molar-refractivity contribution is 5.85. The van der Waals surface area contributed by atoms with Crippen LogP contribution in [0.1, 0.15) is 32.6 Å². The molecular formula is C12H23ClN2O. The van der Waals surface area contributed by atoms with Gasteiger partial charge < -0.3 is 10.2 Å². The van der Waals surface area contributed by atoms with Gasteiger partial charge in [0.15, 0.2) is 0 Å². The third-order valence-electron chi connectivity index (χ3n) is 3.42. The zero-order valence-electron chi connectivity index (χ0n) is 10.1. The van der Waals surface area contributed by atoms with Gasteiger partial charge in [0.1, 0.15) is 0 Å². The van der Waals surface area contributed by atoms with Gasteiger partial charge in [-0.2, -0.15) is 0 Å². The Hall–Kier alpha value is -0.280. The van der Waals surface area contributed by atoms with E-state index in [1.165, 1.54) is 25.7 Å². The standard InChI is InChI=1S/C12H22N2O.ClH/c1-10-3-2-6-14(9-10)12(15)8-13-7-11-4-5-11;/h10-11,13H,2-9H2,1H3;1H. The lowest BCUT2D eigenvalue weighted by molar-refractivity contribution is -0.131. The highest BCUT2D eigenvalue weighted by Crippen LogP contribution is 2.27. The Balaban J connectivity index is 0.00000128. The van der Waals surface area contributed by atoms with E-state index in [0.29, 0.717) is 18.4 Å². The maximum absolute atomic E-state index is 11.8. The van der Waals surface area contributed by atoms with E-state index in [9.17, 15) is 4.79 Å². The first-order valence-electron chi connectivity index (χ1n) is 6.24. The van der Waals surface area contributed by atoms with Crippen molar-refractivity contribution >= 4 is 18.3 Å². The Morgan fingerprint density at radius 3 is 2.75 bits per heavy atom. The fraction of sp³-hybridized carbons (Fsp3) is 0.917. The summed E-state index contributed by atoms with van der Waals surface area (Å²) < 4.78 is 0. The third kappa shape index (κ3) is 4.30. The summed E-state index contributed by atoms with van der Waals surface area (Å²) in [6.45, 7) is 5.74. The number of carbonyl (C=O) groups is 1. The number of carbonyl (C=O) groups excluding carboxylic acids is 1. The van der Waals surface area contributed by atoms with Crippen molar-refractivity contribution in [1.82, 2.24) is 10.2 Å². The Morgan fingerprint density at radius 1 is 1.38 bits per heavy atom. The van der Waals surface area contributed by atoms with E-state index in [4.69, 9.17) is 0 Å². The average Bonchev–Trinajstić information content (AvgIpc) is 3.01. The van der Waals surface area contributed by atoms with Crippen LogP contribution >= 0.6 is 12.4 Å². The van der Waals surface area contributed by atoms with Crippen LogP contribution in [0.25, 0.3) is 0 Å². The Labute approximate surface area is 104 Å². The van der Waals surface area contributed by atoms with Gasteiger partial charge >= 0.3 is 0 Å². The predicted octanol–water partition coefficient (Wildman–Crippen LogP) is 1.67.